The molecule has 1 N–H and O–H groups in total. The second-order valence-electron chi connectivity index (χ2n) is 8.00. The van der Waals surface area contributed by atoms with Gasteiger partial charge in [0, 0.05) is 44.8 Å². The van der Waals surface area contributed by atoms with Crippen molar-refractivity contribution in [2.24, 2.45) is 11.8 Å². The summed E-state index contributed by atoms with van der Waals surface area (Å²) in [4.78, 5) is 17.4. The Labute approximate surface area is 177 Å². The van der Waals surface area contributed by atoms with Gasteiger partial charge in [0.25, 0.3) is 0 Å². The topological polar surface area (TPSA) is 35.6 Å². The fourth-order valence-corrected chi connectivity index (χ4v) is 3.49. The standard InChI is InChI=1S/C21H35N3O.2ClH/c1-17(2)14-21(25)24-12-7-11-23(16-18(3)4)13-10-22-15-19-8-5-6-9-20(19)24;;/h5-6,8-9,17-18,22H,7,10-16H2,1-4H3;2*1H. The van der Waals surface area contributed by atoms with Crippen molar-refractivity contribution in [3.8, 4) is 0 Å². The molecule has 0 saturated carbocycles. The summed E-state index contributed by atoms with van der Waals surface area (Å²) in [5, 5.41) is 3.56. The maximum Gasteiger partial charge on any atom is 0.227 e. The predicted octanol–water partition coefficient (Wildman–Crippen LogP) is 4.36. The second-order valence-corrected chi connectivity index (χ2v) is 8.00. The molecule has 0 atom stereocenters. The molecule has 0 fully saturated rings. The Bertz CT molecular complexity index is 552. The fraction of sp³-hybridized carbons (Fsp3) is 0.667. The number of fused-ring (bicyclic) bond motifs is 1. The highest BCUT2D eigenvalue weighted by Crippen LogP contribution is 2.23. The molecule has 1 aromatic carbocycles. The molecule has 1 amide bonds. The molecule has 4 nitrogen and oxygen atoms in total. The number of carbonyl (C=O) groups excluding carboxylic acids is 1. The van der Waals surface area contributed by atoms with Gasteiger partial charge in [0.05, 0.1) is 0 Å². The van der Waals surface area contributed by atoms with E-state index in [0.717, 1.165) is 51.4 Å². The second kappa shape index (κ2) is 13.4. The number of halogens is 2. The van der Waals surface area contributed by atoms with Crippen molar-refractivity contribution < 1.29 is 4.79 Å². The van der Waals surface area contributed by atoms with Crippen molar-refractivity contribution in [3.05, 3.63) is 29.8 Å². The first-order valence-electron chi connectivity index (χ1n) is 9.78. The Balaban J connectivity index is 0.00000338. The number of amides is 1. The number of carbonyl (C=O) groups is 1. The largest absolute Gasteiger partial charge is 0.312 e. The molecule has 0 saturated heterocycles. The van der Waals surface area contributed by atoms with Crippen molar-refractivity contribution in [3.63, 3.8) is 0 Å². The molecule has 1 heterocycles. The molecule has 0 radical (unpaired) electrons. The Morgan fingerprint density at radius 2 is 1.74 bits per heavy atom. The summed E-state index contributed by atoms with van der Waals surface area (Å²) in [6.45, 7) is 14.6. The summed E-state index contributed by atoms with van der Waals surface area (Å²) in [5.41, 5.74) is 2.30. The SMILES string of the molecule is CC(C)CC(=O)N1CCCN(CC(C)C)CCNCc2ccccc21.Cl.Cl. The maximum absolute atomic E-state index is 12.9. The first kappa shape index (κ1) is 26.2. The molecule has 0 spiro atoms. The van der Waals surface area contributed by atoms with Gasteiger partial charge in [-0.3, -0.25) is 4.79 Å². The number of rotatable bonds is 4. The molecule has 1 aromatic rings. The van der Waals surface area contributed by atoms with Gasteiger partial charge in [-0.05, 0) is 36.4 Å². The lowest BCUT2D eigenvalue weighted by Gasteiger charge is -2.27. The van der Waals surface area contributed by atoms with Gasteiger partial charge < -0.3 is 15.1 Å². The minimum atomic E-state index is 0. The van der Waals surface area contributed by atoms with Crippen molar-refractivity contribution in [1.29, 1.82) is 0 Å². The van der Waals surface area contributed by atoms with E-state index in [2.05, 4.69) is 56.1 Å². The van der Waals surface area contributed by atoms with E-state index in [1.165, 1.54) is 5.56 Å². The number of hydrogen-bond acceptors (Lipinski definition) is 3. The Kier molecular flexibility index (Phi) is 13.0. The van der Waals surface area contributed by atoms with Crippen LogP contribution in [0, 0.1) is 11.8 Å². The summed E-state index contributed by atoms with van der Waals surface area (Å²) in [7, 11) is 0. The van der Waals surface area contributed by atoms with Crippen LogP contribution in [-0.2, 0) is 11.3 Å². The van der Waals surface area contributed by atoms with Crippen LogP contribution in [0.3, 0.4) is 0 Å². The van der Waals surface area contributed by atoms with E-state index < -0.39 is 0 Å². The van der Waals surface area contributed by atoms with E-state index >= 15 is 0 Å². The zero-order chi connectivity index (χ0) is 18.2. The number of para-hydroxylation sites is 1. The van der Waals surface area contributed by atoms with Crippen LogP contribution in [0.1, 0.15) is 46.1 Å². The molecular formula is C21H37Cl2N3O. The minimum absolute atomic E-state index is 0. The molecule has 0 aromatic heterocycles. The molecule has 27 heavy (non-hydrogen) atoms. The van der Waals surface area contributed by atoms with Gasteiger partial charge in [-0.25, -0.2) is 0 Å². The van der Waals surface area contributed by atoms with Gasteiger partial charge >= 0.3 is 0 Å². The van der Waals surface area contributed by atoms with Crippen LogP contribution in [0.5, 0.6) is 0 Å². The number of anilines is 1. The first-order valence-corrected chi connectivity index (χ1v) is 9.78. The van der Waals surface area contributed by atoms with E-state index in [0.29, 0.717) is 18.3 Å². The summed E-state index contributed by atoms with van der Waals surface area (Å²) in [6, 6.07) is 8.34. The monoisotopic (exact) mass is 417 g/mol. The first-order chi connectivity index (χ1) is 12.0. The summed E-state index contributed by atoms with van der Waals surface area (Å²) >= 11 is 0. The van der Waals surface area contributed by atoms with Gasteiger partial charge in [0.1, 0.15) is 0 Å². The lowest BCUT2D eigenvalue weighted by atomic mass is 10.1. The summed E-state index contributed by atoms with van der Waals surface area (Å²) in [5.74, 6) is 1.30. The molecule has 1 aliphatic heterocycles. The van der Waals surface area contributed by atoms with E-state index in [4.69, 9.17) is 0 Å². The normalized spacial score (nSPS) is 16.1. The van der Waals surface area contributed by atoms with E-state index in [1.807, 2.05) is 11.0 Å². The average Bonchev–Trinajstić information content (AvgIpc) is 2.57. The van der Waals surface area contributed by atoms with Crippen LogP contribution in [0.25, 0.3) is 0 Å². The van der Waals surface area contributed by atoms with E-state index in [-0.39, 0.29) is 30.7 Å². The summed E-state index contributed by atoms with van der Waals surface area (Å²) in [6.07, 6.45) is 1.63. The minimum Gasteiger partial charge on any atom is -0.312 e. The van der Waals surface area contributed by atoms with Crippen LogP contribution in [0.2, 0.25) is 0 Å². The molecule has 1 aliphatic rings. The van der Waals surface area contributed by atoms with Crippen LogP contribution < -0.4 is 10.2 Å². The van der Waals surface area contributed by atoms with Crippen LogP contribution in [-0.4, -0.2) is 43.5 Å². The molecular weight excluding hydrogens is 381 g/mol. The number of hydrogen-bond donors (Lipinski definition) is 1. The number of benzene rings is 1. The molecule has 0 aliphatic carbocycles. The molecule has 2 rings (SSSR count). The van der Waals surface area contributed by atoms with Gasteiger partial charge in [0.2, 0.25) is 5.91 Å². The van der Waals surface area contributed by atoms with Crippen molar-refractivity contribution in [2.45, 2.75) is 47.1 Å². The van der Waals surface area contributed by atoms with E-state index in [9.17, 15) is 4.79 Å². The summed E-state index contributed by atoms with van der Waals surface area (Å²) < 4.78 is 0. The fourth-order valence-electron chi connectivity index (χ4n) is 3.49. The highest BCUT2D eigenvalue weighted by Gasteiger charge is 2.20. The number of nitrogens with zero attached hydrogens (tertiary/aromatic N) is 2. The Morgan fingerprint density at radius 3 is 2.41 bits per heavy atom. The van der Waals surface area contributed by atoms with Crippen LogP contribution in [0.15, 0.2) is 24.3 Å². The highest BCUT2D eigenvalue weighted by molar-refractivity contribution is 5.94. The zero-order valence-corrected chi connectivity index (χ0v) is 18.9. The van der Waals surface area contributed by atoms with Gasteiger partial charge in [-0.1, -0.05) is 45.9 Å². The van der Waals surface area contributed by atoms with Crippen molar-refractivity contribution in [2.75, 3.05) is 37.6 Å². The van der Waals surface area contributed by atoms with Crippen LogP contribution >= 0.6 is 24.8 Å². The Hall–Kier alpha value is -0.810. The maximum atomic E-state index is 12.9. The van der Waals surface area contributed by atoms with Gasteiger partial charge in [0.15, 0.2) is 0 Å². The Morgan fingerprint density at radius 1 is 1.04 bits per heavy atom. The lowest BCUT2D eigenvalue weighted by Crippen LogP contribution is -2.37. The molecule has 6 heteroatoms. The third-order valence-electron chi connectivity index (χ3n) is 4.57. The predicted molar refractivity (Wildman–Crippen MR) is 120 cm³/mol. The van der Waals surface area contributed by atoms with Crippen molar-refractivity contribution >= 4 is 36.4 Å². The van der Waals surface area contributed by atoms with Crippen molar-refractivity contribution in [1.82, 2.24) is 10.2 Å². The third-order valence-corrected chi connectivity index (χ3v) is 4.57. The van der Waals surface area contributed by atoms with E-state index in [1.54, 1.807) is 0 Å². The quantitative estimate of drug-likeness (QED) is 0.789. The molecule has 156 valence electrons. The van der Waals surface area contributed by atoms with Gasteiger partial charge in [-0.15, -0.1) is 24.8 Å². The molecule has 0 unspecified atom stereocenters. The van der Waals surface area contributed by atoms with Gasteiger partial charge in [-0.2, -0.15) is 0 Å². The lowest BCUT2D eigenvalue weighted by molar-refractivity contribution is -0.119. The zero-order valence-electron chi connectivity index (χ0n) is 17.2. The third kappa shape index (κ3) is 8.82. The number of nitrogens with one attached hydrogen (secondary N) is 1. The highest BCUT2D eigenvalue weighted by atomic mass is 35.5. The average molecular weight is 418 g/mol. The molecule has 0 bridgehead atoms. The van der Waals surface area contributed by atoms with Crippen LogP contribution in [0.4, 0.5) is 5.69 Å². The smallest absolute Gasteiger partial charge is 0.227 e.